The van der Waals surface area contributed by atoms with E-state index in [0.717, 1.165) is 24.7 Å². The largest absolute Gasteiger partial charge is 0.461 e. The predicted octanol–water partition coefficient (Wildman–Crippen LogP) is 1.91. The van der Waals surface area contributed by atoms with Crippen molar-refractivity contribution in [1.82, 2.24) is 25.8 Å². The third-order valence-electron chi connectivity index (χ3n) is 3.39. The summed E-state index contributed by atoms with van der Waals surface area (Å²) in [5.74, 6) is 2.84. The molecule has 0 aliphatic carbocycles. The molecule has 2 aromatic rings. The number of thioether (sulfide) groups is 1. The van der Waals surface area contributed by atoms with Gasteiger partial charge in [0.2, 0.25) is 5.82 Å². The molecule has 0 fully saturated rings. The zero-order valence-electron chi connectivity index (χ0n) is 14.0. The molecule has 0 saturated carbocycles. The molecule has 7 nitrogen and oxygen atoms in total. The summed E-state index contributed by atoms with van der Waals surface area (Å²) in [5.41, 5.74) is 0. The fourth-order valence-electron chi connectivity index (χ4n) is 1.81. The second kappa shape index (κ2) is 8.05. The summed E-state index contributed by atoms with van der Waals surface area (Å²) in [6.45, 7) is 5.95. The average molecular weight is 336 g/mol. The molecule has 0 saturated heterocycles. The molecule has 0 amide bonds. The summed E-state index contributed by atoms with van der Waals surface area (Å²) in [6, 6.07) is 3.66. The van der Waals surface area contributed by atoms with E-state index in [4.69, 9.17) is 4.42 Å². The van der Waals surface area contributed by atoms with Crippen molar-refractivity contribution in [1.29, 1.82) is 0 Å². The minimum absolute atomic E-state index is 0.167. The van der Waals surface area contributed by atoms with Gasteiger partial charge in [-0.1, -0.05) is 0 Å². The molecule has 0 aliphatic rings. The number of aliphatic imine (C=N–C) groups is 1. The van der Waals surface area contributed by atoms with E-state index >= 15 is 0 Å². The van der Waals surface area contributed by atoms with Crippen molar-refractivity contribution in [2.45, 2.75) is 25.0 Å². The highest BCUT2D eigenvalue weighted by Crippen LogP contribution is 2.19. The summed E-state index contributed by atoms with van der Waals surface area (Å²) in [6.07, 6.45) is 4.44. The molecule has 0 aromatic carbocycles. The number of aromatic nitrogens is 3. The van der Waals surface area contributed by atoms with Crippen LogP contribution in [0.25, 0.3) is 11.6 Å². The molecule has 2 heterocycles. The third-order valence-corrected chi connectivity index (χ3v) is 4.63. The van der Waals surface area contributed by atoms with Crippen molar-refractivity contribution in [3.05, 3.63) is 24.2 Å². The summed E-state index contributed by atoms with van der Waals surface area (Å²) in [5, 5.41) is 13.7. The molecule has 2 rings (SSSR count). The number of hydrogen-bond acceptors (Lipinski definition) is 5. The third kappa shape index (κ3) is 5.31. The number of furan rings is 1. The maximum atomic E-state index is 5.28. The minimum Gasteiger partial charge on any atom is -0.461 e. The van der Waals surface area contributed by atoms with Crippen LogP contribution in [-0.2, 0) is 6.42 Å². The van der Waals surface area contributed by atoms with Crippen molar-refractivity contribution >= 4 is 17.7 Å². The standard InChI is InChI=1S/C15H24N6OS/c1-15(2,23-4)10-18-14(16-3)17-8-7-12-19-13(21-20-12)11-6-5-9-22-11/h5-6,9H,7-8,10H2,1-4H3,(H2,16,17,18)(H,19,20,21). The van der Waals surface area contributed by atoms with Gasteiger partial charge in [-0.25, -0.2) is 4.98 Å². The van der Waals surface area contributed by atoms with Crippen LogP contribution in [0.3, 0.4) is 0 Å². The Bertz CT molecular complexity index is 620. The van der Waals surface area contributed by atoms with Gasteiger partial charge >= 0.3 is 0 Å². The van der Waals surface area contributed by atoms with E-state index in [-0.39, 0.29) is 4.75 Å². The predicted molar refractivity (Wildman–Crippen MR) is 94.7 cm³/mol. The number of aromatic amines is 1. The zero-order chi connectivity index (χ0) is 16.7. The van der Waals surface area contributed by atoms with E-state index in [1.54, 1.807) is 13.3 Å². The van der Waals surface area contributed by atoms with E-state index in [2.05, 4.69) is 50.9 Å². The zero-order valence-corrected chi connectivity index (χ0v) is 14.8. The van der Waals surface area contributed by atoms with Crippen LogP contribution in [0.15, 0.2) is 27.8 Å². The SMILES string of the molecule is CN=C(NCCc1nc(-c2ccco2)n[nH]1)NCC(C)(C)SC. The van der Waals surface area contributed by atoms with Gasteiger partial charge in [0.15, 0.2) is 11.7 Å². The topological polar surface area (TPSA) is 91.1 Å². The van der Waals surface area contributed by atoms with Gasteiger partial charge in [0.25, 0.3) is 0 Å². The van der Waals surface area contributed by atoms with Crippen molar-refractivity contribution in [3.63, 3.8) is 0 Å². The summed E-state index contributed by atoms with van der Waals surface area (Å²) >= 11 is 1.82. The molecule has 0 aliphatic heterocycles. The van der Waals surface area contributed by atoms with Crippen molar-refractivity contribution in [2.24, 2.45) is 4.99 Å². The van der Waals surface area contributed by atoms with E-state index < -0.39 is 0 Å². The van der Waals surface area contributed by atoms with Gasteiger partial charge in [0, 0.05) is 31.3 Å². The smallest absolute Gasteiger partial charge is 0.216 e. The van der Waals surface area contributed by atoms with Crippen LogP contribution >= 0.6 is 11.8 Å². The minimum atomic E-state index is 0.167. The van der Waals surface area contributed by atoms with Gasteiger partial charge in [-0.05, 0) is 32.2 Å². The van der Waals surface area contributed by atoms with E-state index in [9.17, 15) is 0 Å². The Morgan fingerprint density at radius 2 is 2.26 bits per heavy atom. The number of H-pyrrole nitrogens is 1. The second-order valence-corrected chi connectivity index (χ2v) is 7.16. The molecule has 3 N–H and O–H groups in total. The fraction of sp³-hybridized carbons (Fsp3) is 0.533. The van der Waals surface area contributed by atoms with Crippen molar-refractivity contribution < 1.29 is 4.42 Å². The second-order valence-electron chi connectivity index (χ2n) is 5.65. The summed E-state index contributed by atoms with van der Waals surface area (Å²) in [4.78, 5) is 8.64. The van der Waals surface area contributed by atoms with Crippen LogP contribution in [-0.4, -0.2) is 52.3 Å². The molecule has 0 radical (unpaired) electrons. The molecule has 0 atom stereocenters. The van der Waals surface area contributed by atoms with Gasteiger partial charge < -0.3 is 15.1 Å². The van der Waals surface area contributed by atoms with Gasteiger partial charge in [-0.3, -0.25) is 10.1 Å². The van der Waals surface area contributed by atoms with E-state index in [1.807, 2.05) is 23.9 Å². The Kier molecular flexibility index (Phi) is 6.09. The lowest BCUT2D eigenvalue weighted by molar-refractivity contribution is 0.577. The van der Waals surface area contributed by atoms with Crippen LogP contribution in [0.5, 0.6) is 0 Å². The molecule has 0 unspecified atom stereocenters. The summed E-state index contributed by atoms with van der Waals surface area (Å²) < 4.78 is 5.44. The van der Waals surface area contributed by atoms with Crippen molar-refractivity contribution in [3.8, 4) is 11.6 Å². The van der Waals surface area contributed by atoms with Crippen LogP contribution in [0.2, 0.25) is 0 Å². The van der Waals surface area contributed by atoms with Gasteiger partial charge in [-0.15, -0.1) is 0 Å². The highest BCUT2D eigenvalue weighted by molar-refractivity contribution is 7.99. The number of nitrogens with one attached hydrogen (secondary N) is 3. The highest BCUT2D eigenvalue weighted by Gasteiger charge is 2.16. The van der Waals surface area contributed by atoms with E-state index in [0.29, 0.717) is 18.1 Å². The Balaban J connectivity index is 1.77. The Labute approximate surface area is 140 Å². The quantitative estimate of drug-likeness (QED) is 0.528. The van der Waals surface area contributed by atoms with E-state index in [1.165, 1.54) is 0 Å². The monoisotopic (exact) mass is 336 g/mol. The number of rotatable bonds is 7. The van der Waals surface area contributed by atoms with Crippen LogP contribution in [0.4, 0.5) is 0 Å². The number of hydrogen-bond donors (Lipinski definition) is 3. The average Bonchev–Trinajstić information content (AvgIpc) is 3.21. The lowest BCUT2D eigenvalue weighted by Gasteiger charge is -2.23. The fourth-order valence-corrected chi connectivity index (χ4v) is 2.03. The first-order valence-corrected chi connectivity index (χ1v) is 8.71. The first-order chi connectivity index (χ1) is 11.0. The lowest BCUT2D eigenvalue weighted by atomic mass is 10.2. The Hall–Kier alpha value is -1.96. The van der Waals surface area contributed by atoms with Gasteiger partial charge in [-0.2, -0.15) is 16.9 Å². The molecule has 8 heteroatoms. The Morgan fingerprint density at radius 3 is 2.91 bits per heavy atom. The maximum absolute atomic E-state index is 5.28. The highest BCUT2D eigenvalue weighted by atomic mass is 32.2. The molecule has 0 spiro atoms. The number of guanidine groups is 1. The van der Waals surface area contributed by atoms with Crippen LogP contribution in [0.1, 0.15) is 19.7 Å². The maximum Gasteiger partial charge on any atom is 0.216 e. The normalized spacial score (nSPS) is 12.4. The molecular formula is C15H24N6OS. The van der Waals surface area contributed by atoms with Gasteiger partial charge in [0.05, 0.1) is 6.26 Å². The first kappa shape index (κ1) is 17.4. The van der Waals surface area contributed by atoms with Crippen LogP contribution in [0, 0.1) is 0 Å². The molecule has 126 valence electrons. The lowest BCUT2D eigenvalue weighted by Crippen LogP contribution is -2.43. The molecule has 0 bridgehead atoms. The summed E-state index contributed by atoms with van der Waals surface area (Å²) in [7, 11) is 1.77. The van der Waals surface area contributed by atoms with Crippen LogP contribution < -0.4 is 10.6 Å². The number of nitrogens with zero attached hydrogens (tertiary/aromatic N) is 3. The van der Waals surface area contributed by atoms with Crippen molar-refractivity contribution in [2.75, 3.05) is 26.4 Å². The molecular weight excluding hydrogens is 312 g/mol. The Morgan fingerprint density at radius 1 is 1.43 bits per heavy atom. The first-order valence-electron chi connectivity index (χ1n) is 7.49. The van der Waals surface area contributed by atoms with Gasteiger partial charge in [0.1, 0.15) is 5.82 Å². The molecule has 23 heavy (non-hydrogen) atoms. The molecule has 2 aromatic heterocycles.